The lowest BCUT2D eigenvalue weighted by molar-refractivity contribution is -0.164. The number of nitrogens with zero attached hydrogens (tertiary/aromatic N) is 1. The molecule has 0 bridgehead atoms. The van der Waals surface area contributed by atoms with Crippen LogP contribution in [0, 0.1) is 11.3 Å². The van der Waals surface area contributed by atoms with Crippen molar-refractivity contribution in [3.8, 4) is 6.07 Å². The molecule has 0 fully saturated rings. The van der Waals surface area contributed by atoms with Gasteiger partial charge in [-0.15, -0.1) is 11.3 Å². The number of halogens is 2. The van der Waals surface area contributed by atoms with Crippen molar-refractivity contribution in [2.75, 3.05) is 0 Å². The third-order valence-electron chi connectivity index (χ3n) is 1.49. The Morgan fingerprint density at radius 2 is 2.36 bits per heavy atom. The standard InChI is InChI=1S/C8H5F2NO2S/c9-8(10,7(12)13)2-6-1-5(3-11)4-14-6/h1,4H,2H2,(H,12,13). The van der Waals surface area contributed by atoms with Crippen LogP contribution in [-0.4, -0.2) is 17.0 Å². The molecule has 3 nitrogen and oxygen atoms in total. The zero-order valence-corrected chi connectivity index (χ0v) is 7.65. The van der Waals surface area contributed by atoms with E-state index in [-0.39, 0.29) is 10.4 Å². The number of nitriles is 1. The molecule has 14 heavy (non-hydrogen) atoms. The van der Waals surface area contributed by atoms with Crippen LogP contribution < -0.4 is 0 Å². The smallest absolute Gasteiger partial charge is 0.374 e. The van der Waals surface area contributed by atoms with Crippen LogP contribution in [0.25, 0.3) is 0 Å². The molecular formula is C8H5F2NO2S. The number of rotatable bonds is 3. The van der Waals surface area contributed by atoms with Gasteiger partial charge in [0.25, 0.3) is 0 Å². The van der Waals surface area contributed by atoms with Crippen molar-refractivity contribution < 1.29 is 18.7 Å². The second-order valence-corrected chi connectivity index (χ2v) is 3.60. The molecule has 0 aliphatic heterocycles. The van der Waals surface area contributed by atoms with E-state index in [9.17, 15) is 13.6 Å². The van der Waals surface area contributed by atoms with E-state index >= 15 is 0 Å². The van der Waals surface area contributed by atoms with Crippen LogP contribution in [-0.2, 0) is 11.2 Å². The number of hydrogen-bond acceptors (Lipinski definition) is 3. The fraction of sp³-hybridized carbons (Fsp3) is 0.250. The van der Waals surface area contributed by atoms with Gasteiger partial charge in [0.2, 0.25) is 0 Å². The maximum Gasteiger partial charge on any atom is 0.374 e. The lowest BCUT2D eigenvalue weighted by Crippen LogP contribution is -2.30. The molecule has 6 heteroatoms. The molecule has 1 aromatic rings. The van der Waals surface area contributed by atoms with Gasteiger partial charge in [-0.05, 0) is 6.07 Å². The monoisotopic (exact) mass is 217 g/mol. The van der Waals surface area contributed by atoms with Crippen molar-refractivity contribution in [2.45, 2.75) is 12.3 Å². The summed E-state index contributed by atoms with van der Waals surface area (Å²) in [5, 5.41) is 18.0. The van der Waals surface area contributed by atoms with Crippen molar-refractivity contribution in [2.24, 2.45) is 0 Å². The highest BCUT2D eigenvalue weighted by Crippen LogP contribution is 2.24. The predicted octanol–water partition coefficient (Wildman–Crippen LogP) is 1.88. The normalized spacial score (nSPS) is 10.9. The SMILES string of the molecule is N#Cc1csc(CC(F)(F)C(=O)O)c1. The number of hydrogen-bond donors (Lipinski definition) is 1. The van der Waals surface area contributed by atoms with Crippen LogP contribution in [0.1, 0.15) is 10.4 Å². The van der Waals surface area contributed by atoms with Crippen LogP contribution in [0.15, 0.2) is 11.4 Å². The molecule has 1 aromatic heterocycles. The molecular weight excluding hydrogens is 212 g/mol. The van der Waals surface area contributed by atoms with E-state index in [1.807, 2.05) is 0 Å². The molecule has 0 radical (unpaired) electrons. The Morgan fingerprint density at radius 3 is 2.79 bits per heavy atom. The van der Waals surface area contributed by atoms with E-state index in [1.165, 1.54) is 11.4 Å². The van der Waals surface area contributed by atoms with Gasteiger partial charge >= 0.3 is 11.9 Å². The maximum absolute atomic E-state index is 12.7. The first-order valence-electron chi connectivity index (χ1n) is 3.54. The maximum atomic E-state index is 12.7. The minimum absolute atomic E-state index is 0.189. The summed E-state index contributed by atoms with van der Waals surface area (Å²) in [6, 6.07) is 3.05. The summed E-state index contributed by atoms with van der Waals surface area (Å²) in [5.41, 5.74) is 0.270. The van der Waals surface area contributed by atoms with Gasteiger partial charge in [-0.1, -0.05) is 0 Å². The van der Waals surface area contributed by atoms with Crippen molar-refractivity contribution in [1.29, 1.82) is 5.26 Å². The Hall–Kier alpha value is -1.48. The summed E-state index contributed by atoms with van der Waals surface area (Å²) in [6.45, 7) is 0. The predicted molar refractivity (Wildman–Crippen MR) is 45.3 cm³/mol. The molecule has 0 aromatic carbocycles. The first-order valence-corrected chi connectivity index (χ1v) is 4.42. The Balaban J connectivity index is 2.79. The van der Waals surface area contributed by atoms with Crippen molar-refractivity contribution in [1.82, 2.24) is 0 Å². The summed E-state index contributed by atoms with van der Waals surface area (Å²) in [4.78, 5) is 10.3. The van der Waals surface area contributed by atoms with Gasteiger partial charge in [-0.3, -0.25) is 0 Å². The van der Waals surface area contributed by atoms with Gasteiger partial charge in [0, 0.05) is 10.3 Å². The average Bonchev–Trinajstić information content (AvgIpc) is 2.51. The molecule has 74 valence electrons. The van der Waals surface area contributed by atoms with Crippen molar-refractivity contribution in [3.63, 3.8) is 0 Å². The fourth-order valence-corrected chi connectivity index (χ4v) is 1.69. The fourth-order valence-electron chi connectivity index (χ4n) is 0.826. The number of carboxylic acids is 1. The number of carbonyl (C=O) groups is 1. The van der Waals surface area contributed by atoms with Crippen LogP contribution in [0.4, 0.5) is 8.78 Å². The molecule has 0 saturated carbocycles. The van der Waals surface area contributed by atoms with Gasteiger partial charge in [-0.25, -0.2) is 4.79 Å². The van der Waals surface area contributed by atoms with E-state index in [0.717, 1.165) is 11.3 Å². The van der Waals surface area contributed by atoms with E-state index in [0.29, 0.717) is 0 Å². The molecule has 0 aliphatic rings. The molecule has 0 atom stereocenters. The zero-order chi connectivity index (χ0) is 10.8. The molecule has 0 spiro atoms. The molecule has 0 aliphatic carbocycles. The van der Waals surface area contributed by atoms with E-state index in [4.69, 9.17) is 10.4 Å². The van der Waals surface area contributed by atoms with Gasteiger partial charge in [0.05, 0.1) is 12.0 Å². The second-order valence-electron chi connectivity index (χ2n) is 2.60. The van der Waals surface area contributed by atoms with E-state index < -0.39 is 18.3 Å². The Labute approximate surface area is 82.2 Å². The minimum Gasteiger partial charge on any atom is -0.477 e. The highest BCUT2D eigenvalue weighted by atomic mass is 32.1. The number of alkyl halides is 2. The third kappa shape index (κ3) is 2.26. The third-order valence-corrected chi connectivity index (χ3v) is 2.43. The number of thiophene rings is 1. The summed E-state index contributed by atoms with van der Waals surface area (Å²) >= 11 is 0.953. The molecule has 1 rings (SSSR count). The first-order chi connectivity index (χ1) is 6.45. The summed E-state index contributed by atoms with van der Waals surface area (Å²) < 4.78 is 25.3. The zero-order valence-electron chi connectivity index (χ0n) is 6.83. The number of aliphatic carboxylic acids is 1. The minimum atomic E-state index is -3.77. The topological polar surface area (TPSA) is 61.1 Å². The lowest BCUT2D eigenvalue weighted by Gasteiger charge is -2.08. The van der Waals surface area contributed by atoms with E-state index in [2.05, 4.69) is 0 Å². The molecule has 0 amide bonds. The van der Waals surface area contributed by atoms with Crippen molar-refractivity contribution in [3.05, 3.63) is 21.9 Å². The Kier molecular flexibility index (Phi) is 2.81. The van der Waals surface area contributed by atoms with Crippen molar-refractivity contribution >= 4 is 17.3 Å². The average molecular weight is 217 g/mol. The summed E-state index contributed by atoms with van der Waals surface area (Å²) in [7, 11) is 0. The van der Waals surface area contributed by atoms with Crippen LogP contribution in [0.2, 0.25) is 0 Å². The molecule has 0 saturated heterocycles. The Bertz CT molecular complexity index is 394. The van der Waals surface area contributed by atoms with Crippen LogP contribution in [0.5, 0.6) is 0 Å². The first kappa shape index (κ1) is 10.6. The van der Waals surface area contributed by atoms with Crippen LogP contribution >= 0.6 is 11.3 Å². The molecule has 1 N–H and O–H groups in total. The van der Waals surface area contributed by atoms with Gasteiger partial charge in [-0.2, -0.15) is 14.0 Å². The highest BCUT2D eigenvalue weighted by molar-refractivity contribution is 7.10. The van der Waals surface area contributed by atoms with Gasteiger partial charge < -0.3 is 5.11 Å². The Morgan fingerprint density at radius 1 is 1.71 bits per heavy atom. The van der Waals surface area contributed by atoms with Gasteiger partial charge in [0.15, 0.2) is 0 Å². The lowest BCUT2D eigenvalue weighted by atomic mass is 10.2. The summed E-state index contributed by atoms with van der Waals surface area (Å²) in [6.07, 6.45) is -0.866. The quantitative estimate of drug-likeness (QED) is 0.840. The summed E-state index contributed by atoms with van der Waals surface area (Å²) in [5.74, 6) is -5.91. The second kappa shape index (κ2) is 3.72. The van der Waals surface area contributed by atoms with Gasteiger partial charge in [0.1, 0.15) is 6.07 Å². The highest BCUT2D eigenvalue weighted by Gasteiger charge is 2.39. The molecule has 0 unspecified atom stereocenters. The van der Waals surface area contributed by atoms with E-state index in [1.54, 1.807) is 6.07 Å². The largest absolute Gasteiger partial charge is 0.477 e. The molecule has 1 heterocycles. The van der Waals surface area contributed by atoms with Crippen LogP contribution in [0.3, 0.4) is 0 Å². The number of carboxylic acid groups (broad SMARTS) is 1.